The molecule has 0 saturated heterocycles. The van der Waals surface area contributed by atoms with Gasteiger partial charge in [-0.3, -0.25) is 0 Å². The average Bonchev–Trinajstić information content (AvgIpc) is 3.53. The largest absolute Gasteiger partial charge is 0.493 e. The molecule has 0 amide bonds. The Morgan fingerprint density at radius 3 is 2.40 bits per heavy atom. The second-order valence-corrected chi connectivity index (χ2v) is 10.5. The van der Waals surface area contributed by atoms with Gasteiger partial charge < -0.3 is 26.3 Å². The van der Waals surface area contributed by atoms with Crippen LogP contribution in [0, 0.1) is 5.92 Å². The molecular formula is C29H30N4O2. The third-order valence-electron chi connectivity index (χ3n) is 6.78. The molecule has 6 rings (SSSR count). The molecule has 178 valence electrons. The highest BCUT2D eigenvalue weighted by Gasteiger charge is 2.23. The number of fused-ring (bicyclic) bond motifs is 6. The first-order valence-electron chi connectivity index (χ1n) is 12.1. The number of ether oxygens (including phenoxy) is 1. The first-order chi connectivity index (χ1) is 16.8. The summed E-state index contributed by atoms with van der Waals surface area (Å²) in [5.74, 6) is 2.20. The van der Waals surface area contributed by atoms with E-state index < -0.39 is 5.60 Å². The third kappa shape index (κ3) is 4.04. The SMILES string of the molecule is CC(C)(O)Cc1ccc2c(c1)c1cc(OCC3CC3)ccc1c1nc(-c3c(N)cccc3N)[nH]c21. The van der Waals surface area contributed by atoms with Crippen molar-refractivity contribution in [3.8, 4) is 17.1 Å². The summed E-state index contributed by atoms with van der Waals surface area (Å²) in [6, 6.07) is 18.1. The second-order valence-electron chi connectivity index (χ2n) is 10.5. The summed E-state index contributed by atoms with van der Waals surface area (Å²) in [5.41, 5.74) is 16.5. The molecule has 1 aliphatic carbocycles. The molecule has 0 atom stereocenters. The lowest BCUT2D eigenvalue weighted by Gasteiger charge is -2.18. The Labute approximate surface area is 203 Å². The monoisotopic (exact) mass is 466 g/mol. The van der Waals surface area contributed by atoms with E-state index in [0.29, 0.717) is 35.1 Å². The van der Waals surface area contributed by atoms with E-state index in [-0.39, 0.29) is 0 Å². The molecule has 1 aromatic heterocycles. The van der Waals surface area contributed by atoms with Gasteiger partial charge in [0.05, 0.1) is 28.8 Å². The van der Waals surface area contributed by atoms with Gasteiger partial charge in [0.15, 0.2) is 0 Å². The minimum Gasteiger partial charge on any atom is -0.493 e. The first kappa shape index (κ1) is 21.7. The number of anilines is 2. The number of hydrogen-bond donors (Lipinski definition) is 4. The van der Waals surface area contributed by atoms with Crippen LogP contribution in [-0.4, -0.2) is 27.3 Å². The number of nitrogen functional groups attached to an aromatic ring is 2. The quantitative estimate of drug-likeness (QED) is 0.187. The van der Waals surface area contributed by atoms with Crippen molar-refractivity contribution in [1.82, 2.24) is 9.97 Å². The summed E-state index contributed by atoms with van der Waals surface area (Å²) in [6.45, 7) is 4.42. The standard InChI is InChI=1S/C29H30N4O2/c1-29(2,34)14-17-8-10-19-21(12-17)22-13-18(35-15-16-6-7-16)9-11-20(22)27-26(19)32-28(33-27)25-23(30)4-3-5-24(25)31/h3-5,8-13,16,34H,6-7,14-15,30-31H2,1-2H3,(H,32,33). The van der Waals surface area contributed by atoms with Gasteiger partial charge in [-0.15, -0.1) is 0 Å². The lowest BCUT2D eigenvalue weighted by atomic mass is 9.93. The molecule has 0 unspecified atom stereocenters. The Morgan fingerprint density at radius 2 is 1.69 bits per heavy atom. The van der Waals surface area contributed by atoms with E-state index in [4.69, 9.17) is 21.2 Å². The minimum atomic E-state index is -0.796. The van der Waals surface area contributed by atoms with Crippen LogP contribution in [0.4, 0.5) is 11.4 Å². The van der Waals surface area contributed by atoms with Crippen molar-refractivity contribution in [3.05, 3.63) is 60.2 Å². The van der Waals surface area contributed by atoms with E-state index in [9.17, 15) is 5.11 Å². The number of nitrogens with zero attached hydrogens (tertiary/aromatic N) is 1. The normalized spacial score (nSPS) is 14.3. The Morgan fingerprint density at radius 1 is 0.971 bits per heavy atom. The van der Waals surface area contributed by atoms with E-state index in [2.05, 4.69) is 35.3 Å². The molecule has 35 heavy (non-hydrogen) atoms. The summed E-state index contributed by atoms with van der Waals surface area (Å²) >= 11 is 0. The predicted molar refractivity (Wildman–Crippen MR) is 144 cm³/mol. The van der Waals surface area contributed by atoms with Crippen LogP contribution in [0.3, 0.4) is 0 Å². The van der Waals surface area contributed by atoms with Gasteiger partial charge in [0, 0.05) is 28.6 Å². The lowest BCUT2D eigenvalue weighted by Crippen LogP contribution is -2.21. The third-order valence-corrected chi connectivity index (χ3v) is 6.78. The number of hydrogen-bond acceptors (Lipinski definition) is 5. The van der Waals surface area contributed by atoms with Crippen LogP contribution < -0.4 is 16.2 Å². The smallest absolute Gasteiger partial charge is 0.142 e. The van der Waals surface area contributed by atoms with Crippen molar-refractivity contribution < 1.29 is 9.84 Å². The van der Waals surface area contributed by atoms with E-state index in [1.165, 1.54) is 12.8 Å². The first-order valence-corrected chi connectivity index (χ1v) is 12.1. The zero-order valence-corrected chi connectivity index (χ0v) is 20.1. The van der Waals surface area contributed by atoms with Crippen LogP contribution in [0.1, 0.15) is 32.3 Å². The van der Waals surface area contributed by atoms with Crippen LogP contribution in [0.2, 0.25) is 0 Å². The van der Waals surface area contributed by atoms with Gasteiger partial charge in [0.1, 0.15) is 11.6 Å². The van der Waals surface area contributed by atoms with E-state index in [0.717, 1.165) is 50.5 Å². The molecule has 4 aromatic carbocycles. The summed E-state index contributed by atoms with van der Waals surface area (Å²) in [4.78, 5) is 8.49. The molecule has 6 nitrogen and oxygen atoms in total. The van der Waals surface area contributed by atoms with Gasteiger partial charge in [-0.25, -0.2) is 4.98 Å². The van der Waals surface area contributed by atoms with Crippen molar-refractivity contribution in [2.24, 2.45) is 5.92 Å². The molecule has 0 aliphatic heterocycles. The molecule has 6 heteroatoms. The van der Waals surface area contributed by atoms with Gasteiger partial charge in [-0.05, 0) is 79.3 Å². The van der Waals surface area contributed by atoms with Gasteiger partial charge >= 0.3 is 0 Å². The number of imidazole rings is 1. The Hall–Kier alpha value is -3.77. The summed E-state index contributed by atoms with van der Waals surface area (Å²) in [6.07, 6.45) is 3.06. The lowest BCUT2D eigenvalue weighted by molar-refractivity contribution is 0.0810. The molecule has 0 radical (unpaired) electrons. The van der Waals surface area contributed by atoms with Crippen LogP contribution in [0.15, 0.2) is 54.6 Å². The van der Waals surface area contributed by atoms with Crippen LogP contribution in [0.25, 0.3) is 44.0 Å². The number of nitrogens with two attached hydrogens (primary N) is 2. The van der Waals surface area contributed by atoms with Crippen LogP contribution >= 0.6 is 0 Å². The van der Waals surface area contributed by atoms with Gasteiger partial charge in [0.2, 0.25) is 0 Å². The number of H-pyrrole nitrogens is 1. The van der Waals surface area contributed by atoms with E-state index in [1.807, 2.05) is 38.1 Å². The number of aromatic amines is 1. The van der Waals surface area contributed by atoms with Gasteiger partial charge in [-0.1, -0.05) is 24.3 Å². The highest BCUT2D eigenvalue weighted by molar-refractivity contribution is 6.24. The number of nitrogens with one attached hydrogen (secondary N) is 1. The fraction of sp³-hybridized carbons (Fsp3) is 0.276. The molecule has 5 aromatic rings. The number of benzene rings is 4. The number of aliphatic hydroxyl groups is 1. The molecule has 1 aliphatic rings. The Kier molecular flexibility index (Phi) is 4.90. The molecule has 0 bridgehead atoms. The highest BCUT2D eigenvalue weighted by Crippen LogP contribution is 2.40. The zero-order valence-electron chi connectivity index (χ0n) is 20.1. The van der Waals surface area contributed by atoms with Crippen LogP contribution in [0.5, 0.6) is 5.75 Å². The maximum absolute atomic E-state index is 10.4. The Balaban J connectivity index is 1.61. The summed E-state index contributed by atoms with van der Waals surface area (Å²) in [7, 11) is 0. The summed E-state index contributed by atoms with van der Waals surface area (Å²) < 4.78 is 6.11. The molecule has 6 N–H and O–H groups in total. The predicted octanol–water partition coefficient (Wildman–Crippen LogP) is 5.80. The molecule has 1 fully saturated rings. The fourth-order valence-corrected chi connectivity index (χ4v) is 4.93. The highest BCUT2D eigenvalue weighted by atomic mass is 16.5. The molecule has 1 saturated carbocycles. The van der Waals surface area contributed by atoms with Crippen molar-refractivity contribution >= 4 is 44.0 Å². The van der Waals surface area contributed by atoms with Crippen molar-refractivity contribution in [2.75, 3.05) is 18.1 Å². The minimum absolute atomic E-state index is 0.561. The molecule has 1 heterocycles. The topological polar surface area (TPSA) is 110 Å². The number of aromatic nitrogens is 2. The second kappa shape index (κ2) is 7.89. The zero-order chi connectivity index (χ0) is 24.3. The number of rotatable bonds is 6. The van der Waals surface area contributed by atoms with Crippen molar-refractivity contribution in [3.63, 3.8) is 0 Å². The van der Waals surface area contributed by atoms with Gasteiger partial charge in [-0.2, -0.15) is 0 Å². The van der Waals surface area contributed by atoms with Crippen molar-refractivity contribution in [2.45, 2.75) is 38.7 Å². The maximum atomic E-state index is 10.4. The van der Waals surface area contributed by atoms with Gasteiger partial charge in [0.25, 0.3) is 0 Å². The molecule has 0 spiro atoms. The Bertz CT molecular complexity index is 1570. The summed E-state index contributed by atoms with van der Waals surface area (Å²) in [5, 5.41) is 14.7. The maximum Gasteiger partial charge on any atom is 0.142 e. The fourth-order valence-electron chi connectivity index (χ4n) is 4.93. The molecular weight excluding hydrogens is 436 g/mol. The van der Waals surface area contributed by atoms with Crippen molar-refractivity contribution in [1.29, 1.82) is 0 Å². The van der Waals surface area contributed by atoms with Crippen LogP contribution in [-0.2, 0) is 6.42 Å². The van der Waals surface area contributed by atoms with E-state index in [1.54, 1.807) is 0 Å². The van der Waals surface area contributed by atoms with E-state index >= 15 is 0 Å². The average molecular weight is 467 g/mol.